The Morgan fingerprint density at radius 1 is 1.36 bits per heavy atom. The fraction of sp³-hybridized carbons (Fsp3) is 0.400. The van der Waals surface area contributed by atoms with E-state index in [1.165, 1.54) is 11.1 Å². The van der Waals surface area contributed by atoms with Gasteiger partial charge in [-0.3, -0.25) is 0 Å². The number of rotatable bonds is 0. The minimum absolute atomic E-state index is 0.340. The molecule has 1 aromatic carbocycles. The molecule has 0 unspecified atom stereocenters. The highest BCUT2D eigenvalue weighted by Gasteiger charge is 2.24. The molecule has 0 heterocycles. The maximum absolute atomic E-state index is 5.93. The largest absolute Gasteiger partial charge is 0.327 e. The molecule has 58 valence electrons. The van der Waals surface area contributed by atoms with Gasteiger partial charge in [0.05, 0.1) is 0 Å². The molecule has 1 aromatic rings. The van der Waals surface area contributed by atoms with Crippen molar-refractivity contribution in [2.24, 2.45) is 5.73 Å². The molecule has 0 aromatic heterocycles. The van der Waals surface area contributed by atoms with Crippen LogP contribution in [0.25, 0.3) is 0 Å². The topological polar surface area (TPSA) is 26.0 Å². The van der Waals surface area contributed by atoms with Crippen LogP contribution in [0.3, 0.4) is 0 Å². The number of fused-ring (bicyclic) bond motifs is 1. The van der Waals surface area contributed by atoms with Crippen molar-refractivity contribution < 1.29 is 0 Å². The summed E-state index contributed by atoms with van der Waals surface area (Å²) in [4.78, 5) is 0. The van der Waals surface area contributed by atoms with Crippen LogP contribution in [0.4, 0.5) is 0 Å². The van der Waals surface area contributed by atoms with Crippen molar-refractivity contribution in [2.75, 3.05) is 0 Å². The molecule has 0 spiro atoms. The Bertz CT molecular complexity index is 267. The maximum Gasteiger partial charge on any atom is 0.0146 e. The van der Waals surface area contributed by atoms with Gasteiger partial charge in [0.1, 0.15) is 0 Å². The molecule has 1 aliphatic rings. The molecule has 2 atom stereocenters. The van der Waals surface area contributed by atoms with E-state index >= 15 is 0 Å². The predicted molar refractivity (Wildman–Crippen MR) is 46.5 cm³/mol. The van der Waals surface area contributed by atoms with Crippen LogP contribution in [0.2, 0.25) is 0 Å². The van der Waals surface area contributed by atoms with Crippen LogP contribution in [0.1, 0.15) is 24.0 Å². The van der Waals surface area contributed by atoms with Crippen molar-refractivity contribution in [1.29, 1.82) is 0 Å². The summed E-state index contributed by atoms with van der Waals surface area (Å²) in [7, 11) is 0. The first kappa shape index (κ1) is 6.86. The Balaban J connectivity index is 2.47. The quantitative estimate of drug-likeness (QED) is 0.593. The third kappa shape index (κ3) is 0.962. The summed E-state index contributed by atoms with van der Waals surface area (Å²) >= 11 is 0. The van der Waals surface area contributed by atoms with E-state index in [1.807, 2.05) is 0 Å². The first-order valence-corrected chi connectivity index (χ1v) is 4.12. The smallest absolute Gasteiger partial charge is 0.0146 e. The average molecular weight is 147 g/mol. The molecular weight excluding hydrogens is 134 g/mol. The van der Waals surface area contributed by atoms with E-state index in [0.717, 1.165) is 6.42 Å². The highest BCUT2D eigenvalue weighted by atomic mass is 14.7. The second kappa shape index (κ2) is 2.35. The lowest BCUT2D eigenvalue weighted by Gasteiger charge is -2.08. The Morgan fingerprint density at radius 3 is 2.82 bits per heavy atom. The summed E-state index contributed by atoms with van der Waals surface area (Å²) in [5.74, 6) is 0.547. The summed E-state index contributed by atoms with van der Waals surface area (Å²) in [6, 6.07) is 8.88. The minimum Gasteiger partial charge on any atom is -0.327 e. The van der Waals surface area contributed by atoms with E-state index in [-0.39, 0.29) is 0 Å². The zero-order valence-electron chi connectivity index (χ0n) is 6.75. The minimum atomic E-state index is 0.340. The summed E-state index contributed by atoms with van der Waals surface area (Å²) in [5, 5.41) is 0. The van der Waals surface area contributed by atoms with Crippen LogP contribution in [-0.4, -0.2) is 6.04 Å². The number of nitrogens with two attached hydrogens (primary N) is 1. The van der Waals surface area contributed by atoms with Crippen LogP contribution in [0.15, 0.2) is 24.3 Å². The van der Waals surface area contributed by atoms with Gasteiger partial charge in [0, 0.05) is 6.04 Å². The van der Waals surface area contributed by atoms with Crippen molar-refractivity contribution in [1.82, 2.24) is 0 Å². The lowest BCUT2D eigenvalue weighted by atomic mass is 10.0. The van der Waals surface area contributed by atoms with Gasteiger partial charge < -0.3 is 5.73 Å². The molecule has 0 bridgehead atoms. The molecule has 0 aliphatic heterocycles. The van der Waals surface area contributed by atoms with Gasteiger partial charge in [0.2, 0.25) is 0 Å². The Kier molecular flexibility index (Phi) is 1.46. The number of hydrogen-bond acceptors (Lipinski definition) is 1. The van der Waals surface area contributed by atoms with E-state index < -0.39 is 0 Å². The highest BCUT2D eigenvalue weighted by Crippen LogP contribution is 2.30. The molecule has 0 radical (unpaired) electrons. The molecular formula is C10H13N. The Morgan fingerprint density at radius 2 is 2.09 bits per heavy atom. The highest BCUT2D eigenvalue weighted by molar-refractivity contribution is 5.36. The van der Waals surface area contributed by atoms with Crippen molar-refractivity contribution in [3.8, 4) is 0 Å². The van der Waals surface area contributed by atoms with E-state index in [0.29, 0.717) is 12.0 Å². The van der Waals surface area contributed by atoms with Gasteiger partial charge in [-0.15, -0.1) is 0 Å². The predicted octanol–water partition coefficient (Wildman–Crippen LogP) is 1.67. The average Bonchev–Trinajstić information content (AvgIpc) is 2.30. The number of hydrogen-bond donors (Lipinski definition) is 1. The molecule has 1 aliphatic carbocycles. The van der Waals surface area contributed by atoms with Crippen molar-refractivity contribution in [3.05, 3.63) is 35.4 Å². The third-order valence-corrected chi connectivity index (χ3v) is 2.64. The second-order valence-corrected chi connectivity index (χ2v) is 3.36. The zero-order chi connectivity index (χ0) is 7.84. The van der Waals surface area contributed by atoms with Crippen molar-refractivity contribution >= 4 is 0 Å². The standard InChI is InChI=1S/C10H13N/c1-7-9-5-3-2-4-8(9)6-10(7)11/h2-5,7,10H,6,11H2,1H3/t7-,10+/m0/s1. The van der Waals surface area contributed by atoms with Crippen molar-refractivity contribution in [2.45, 2.75) is 25.3 Å². The van der Waals surface area contributed by atoms with Crippen molar-refractivity contribution in [3.63, 3.8) is 0 Å². The fourth-order valence-corrected chi connectivity index (χ4v) is 1.83. The lowest BCUT2D eigenvalue weighted by Crippen LogP contribution is -2.22. The van der Waals surface area contributed by atoms with Crippen LogP contribution >= 0.6 is 0 Å². The van der Waals surface area contributed by atoms with Gasteiger partial charge in [-0.05, 0) is 23.5 Å². The van der Waals surface area contributed by atoms with E-state index in [2.05, 4.69) is 31.2 Å². The third-order valence-electron chi connectivity index (χ3n) is 2.64. The van der Waals surface area contributed by atoms with E-state index in [9.17, 15) is 0 Å². The zero-order valence-corrected chi connectivity index (χ0v) is 6.75. The summed E-state index contributed by atoms with van der Waals surface area (Å²) in [6.07, 6.45) is 1.05. The molecule has 0 saturated carbocycles. The molecule has 0 saturated heterocycles. The normalized spacial score (nSPS) is 28.5. The fourth-order valence-electron chi connectivity index (χ4n) is 1.83. The van der Waals surface area contributed by atoms with Gasteiger partial charge in [-0.2, -0.15) is 0 Å². The van der Waals surface area contributed by atoms with Crippen LogP contribution in [0.5, 0.6) is 0 Å². The molecule has 1 heteroatoms. The molecule has 0 amide bonds. The van der Waals surface area contributed by atoms with E-state index in [1.54, 1.807) is 0 Å². The molecule has 11 heavy (non-hydrogen) atoms. The molecule has 1 nitrogen and oxygen atoms in total. The Labute approximate surface area is 67.2 Å². The summed E-state index contributed by atoms with van der Waals surface area (Å²) in [6.45, 7) is 2.20. The first-order chi connectivity index (χ1) is 5.29. The van der Waals surface area contributed by atoms with Gasteiger partial charge in [-0.25, -0.2) is 0 Å². The summed E-state index contributed by atoms with van der Waals surface area (Å²) < 4.78 is 0. The number of benzene rings is 1. The van der Waals surface area contributed by atoms with Gasteiger partial charge >= 0.3 is 0 Å². The van der Waals surface area contributed by atoms with Crippen LogP contribution in [-0.2, 0) is 6.42 Å². The first-order valence-electron chi connectivity index (χ1n) is 4.12. The monoisotopic (exact) mass is 147 g/mol. The maximum atomic E-state index is 5.93. The van der Waals surface area contributed by atoms with Crippen LogP contribution < -0.4 is 5.73 Å². The lowest BCUT2D eigenvalue weighted by molar-refractivity contribution is 0.615. The van der Waals surface area contributed by atoms with Gasteiger partial charge in [0.25, 0.3) is 0 Å². The molecule has 2 rings (SSSR count). The van der Waals surface area contributed by atoms with Gasteiger partial charge in [-0.1, -0.05) is 31.2 Å². The molecule has 2 N–H and O–H groups in total. The SMILES string of the molecule is C[C@H]1c2ccccc2C[C@H]1N. The van der Waals surface area contributed by atoms with E-state index in [4.69, 9.17) is 5.73 Å². The van der Waals surface area contributed by atoms with Gasteiger partial charge in [0.15, 0.2) is 0 Å². The Hall–Kier alpha value is -0.820. The molecule has 0 fully saturated rings. The second-order valence-electron chi connectivity index (χ2n) is 3.36. The summed E-state index contributed by atoms with van der Waals surface area (Å²) in [5.41, 5.74) is 8.81. The van der Waals surface area contributed by atoms with Crippen LogP contribution in [0, 0.1) is 0 Å².